The molecule has 0 atom stereocenters. The second-order valence-electron chi connectivity index (χ2n) is 4.37. The van der Waals surface area contributed by atoms with Crippen molar-refractivity contribution in [3.63, 3.8) is 0 Å². The summed E-state index contributed by atoms with van der Waals surface area (Å²) >= 11 is 0. The van der Waals surface area contributed by atoms with Crippen LogP contribution in [0, 0.1) is 11.3 Å². The highest BCUT2D eigenvalue weighted by molar-refractivity contribution is 5.34. The molecule has 0 amide bonds. The molecule has 1 aromatic carbocycles. The van der Waals surface area contributed by atoms with Gasteiger partial charge in [-0.15, -0.1) is 0 Å². The molecule has 0 aromatic heterocycles. The van der Waals surface area contributed by atoms with E-state index < -0.39 is 0 Å². The van der Waals surface area contributed by atoms with Crippen molar-refractivity contribution in [3.05, 3.63) is 29.8 Å². The first kappa shape index (κ1) is 11.0. The molecule has 2 heteroatoms. The van der Waals surface area contributed by atoms with Crippen molar-refractivity contribution in [2.24, 2.45) is 0 Å². The van der Waals surface area contributed by atoms with Crippen molar-refractivity contribution >= 4 is 0 Å². The van der Waals surface area contributed by atoms with Crippen molar-refractivity contribution in [2.45, 2.75) is 44.6 Å². The molecule has 1 fully saturated rings. The summed E-state index contributed by atoms with van der Waals surface area (Å²) in [4.78, 5) is 0. The predicted octanol–water partition coefficient (Wildman–Crippen LogP) is 3.66. The van der Waals surface area contributed by atoms with E-state index in [9.17, 15) is 0 Å². The van der Waals surface area contributed by atoms with Crippen molar-refractivity contribution in [2.75, 3.05) is 0 Å². The normalized spacial score (nSPS) is 17.4. The van der Waals surface area contributed by atoms with Gasteiger partial charge >= 0.3 is 0 Å². The molecular formula is C14H17NO. The fourth-order valence-electron chi connectivity index (χ4n) is 2.16. The summed E-state index contributed by atoms with van der Waals surface area (Å²) in [5.74, 6) is 0.894. The van der Waals surface area contributed by atoms with E-state index in [4.69, 9.17) is 10.00 Å². The van der Waals surface area contributed by atoms with E-state index in [-0.39, 0.29) is 0 Å². The molecule has 1 saturated carbocycles. The van der Waals surface area contributed by atoms with Crippen LogP contribution in [0.3, 0.4) is 0 Å². The molecule has 0 radical (unpaired) electrons. The Morgan fingerprint density at radius 3 is 2.19 bits per heavy atom. The van der Waals surface area contributed by atoms with Gasteiger partial charge in [0.1, 0.15) is 5.75 Å². The van der Waals surface area contributed by atoms with Crippen LogP contribution >= 0.6 is 0 Å². The van der Waals surface area contributed by atoms with E-state index in [1.807, 2.05) is 24.3 Å². The summed E-state index contributed by atoms with van der Waals surface area (Å²) in [5.41, 5.74) is 0.688. The first-order valence-corrected chi connectivity index (χ1v) is 6.05. The van der Waals surface area contributed by atoms with Gasteiger partial charge in [-0.3, -0.25) is 0 Å². The minimum atomic E-state index is 0.371. The van der Waals surface area contributed by atoms with Crippen LogP contribution in [0.15, 0.2) is 24.3 Å². The van der Waals surface area contributed by atoms with E-state index in [0.717, 1.165) is 5.75 Å². The highest BCUT2D eigenvalue weighted by Gasteiger charge is 2.13. The fraction of sp³-hybridized carbons (Fsp3) is 0.500. The Morgan fingerprint density at radius 1 is 1.00 bits per heavy atom. The first-order valence-electron chi connectivity index (χ1n) is 6.05. The molecular weight excluding hydrogens is 198 g/mol. The summed E-state index contributed by atoms with van der Waals surface area (Å²) < 4.78 is 5.93. The van der Waals surface area contributed by atoms with Gasteiger partial charge in [0, 0.05) is 0 Å². The van der Waals surface area contributed by atoms with E-state index in [1.165, 1.54) is 38.5 Å². The van der Waals surface area contributed by atoms with Crippen molar-refractivity contribution in [1.82, 2.24) is 0 Å². The maximum Gasteiger partial charge on any atom is 0.119 e. The van der Waals surface area contributed by atoms with Crippen LogP contribution in [0.4, 0.5) is 0 Å². The van der Waals surface area contributed by atoms with Gasteiger partial charge in [-0.25, -0.2) is 0 Å². The number of hydrogen-bond donors (Lipinski definition) is 0. The van der Waals surface area contributed by atoms with Gasteiger partial charge in [0.15, 0.2) is 0 Å². The first-order chi connectivity index (χ1) is 7.88. The molecule has 16 heavy (non-hydrogen) atoms. The molecule has 84 valence electrons. The second kappa shape index (κ2) is 5.55. The maximum atomic E-state index is 8.70. The van der Waals surface area contributed by atoms with Crippen molar-refractivity contribution in [1.29, 1.82) is 5.26 Å². The zero-order valence-corrected chi connectivity index (χ0v) is 9.48. The summed E-state index contributed by atoms with van der Waals surface area (Å²) in [7, 11) is 0. The minimum Gasteiger partial charge on any atom is -0.490 e. The van der Waals surface area contributed by atoms with E-state index in [2.05, 4.69) is 6.07 Å². The van der Waals surface area contributed by atoms with Gasteiger partial charge < -0.3 is 4.74 Å². The zero-order valence-electron chi connectivity index (χ0n) is 9.48. The van der Waals surface area contributed by atoms with E-state index in [0.29, 0.717) is 11.7 Å². The highest BCUT2D eigenvalue weighted by Crippen LogP contribution is 2.22. The zero-order chi connectivity index (χ0) is 11.2. The molecule has 1 aromatic rings. The number of rotatable bonds is 2. The van der Waals surface area contributed by atoms with Crippen LogP contribution in [0.2, 0.25) is 0 Å². The summed E-state index contributed by atoms with van der Waals surface area (Å²) in [5, 5.41) is 8.70. The average molecular weight is 215 g/mol. The number of nitriles is 1. The lowest BCUT2D eigenvalue weighted by atomic mass is 10.1. The number of ether oxygens (including phenoxy) is 1. The molecule has 0 spiro atoms. The number of hydrogen-bond acceptors (Lipinski definition) is 2. The van der Waals surface area contributed by atoms with Gasteiger partial charge in [-0.05, 0) is 49.9 Å². The Balaban J connectivity index is 1.94. The Labute approximate surface area is 96.9 Å². The van der Waals surface area contributed by atoms with Gasteiger partial charge in [0.2, 0.25) is 0 Å². The quantitative estimate of drug-likeness (QED) is 0.705. The lowest BCUT2D eigenvalue weighted by Gasteiger charge is -2.16. The SMILES string of the molecule is N#Cc1ccc(OC2CCCCCC2)cc1. The van der Waals surface area contributed by atoms with Crippen LogP contribution in [-0.4, -0.2) is 6.10 Å². The fourth-order valence-corrected chi connectivity index (χ4v) is 2.16. The third-order valence-corrected chi connectivity index (χ3v) is 3.09. The summed E-state index contributed by atoms with van der Waals surface area (Å²) in [6.07, 6.45) is 7.94. The molecule has 0 N–H and O–H groups in total. The third kappa shape index (κ3) is 3.00. The van der Waals surface area contributed by atoms with Crippen LogP contribution < -0.4 is 4.74 Å². The van der Waals surface area contributed by atoms with Crippen LogP contribution in [0.25, 0.3) is 0 Å². The lowest BCUT2D eigenvalue weighted by molar-refractivity contribution is 0.184. The number of nitrogens with zero attached hydrogens (tertiary/aromatic N) is 1. The van der Waals surface area contributed by atoms with Crippen LogP contribution in [0.1, 0.15) is 44.1 Å². The molecule has 1 aliphatic rings. The third-order valence-electron chi connectivity index (χ3n) is 3.09. The molecule has 2 nitrogen and oxygen atoms in total. The standard InChI is InChI=1S/C14H17NO/c15-11-12-7-9-14(10-8-12)16-13-5-3-1-2-4-6-13/h7-10,13H,1-6H2. The topological polar surface area (TPSA) is 33.0 Å². The van der Waals surface area contributed by atoms with Gasteiger partial charge in [-0.1, -0.05) is 12.8 Å². The van der Waals surface area contributed by atoms with Gasteiger partial charge in [0.25, 0.3) is 0 Å². The Morgan fingerprint density at radius 2 is 1.62 bits per heavy atom. The van der Waals surface area contributed by atoms with Crippen LogP contribution in [-0.2, 0) is 0 Å². The minimum absolute atomic E-state index is 0.371. The Bertz CT molecular complexity index is 355. The Hall–Kier alpha value is -1.49. The Kier molecular flexibility index (Phi) is 3.82. The lowest BCUT2D eigenvalue weighted by Crippen LogP contribution is -2.14. The highest BCUT2D eigenvalue weighted by atomic mass is 16.5. The molecule has 1 aliphatic carbocycles. The maximum absolute atomic E-state index is 8.70. The van der Waals surface area contributed by atoms with Crippen LogP contribution in [0.5, 0.6) is 5.75 Å². The molecule has 0 heterocycles. The smallest absolute Gasteiger partial charge is 0.119 e. The monoisotopic (exact) mass is 215 g/mol. The van der Waals surface area contributed by atoms with Gasteiger partial charge in [0.05, 0.1) is 17.7 Å². The van der Waals surface area contributed by atoms with E-state index in [1.54, 1.807) is 0 Å². The molecule has 0 aliphatic heterocycles. The molecule has 2 rings (SSSR count). The molecule has 0 bridgehead atoms. The predicted molar refractivity (Wildman–Crippen MR) is 63.3 cm³/mol. The average Bonchev–Trinajstić information content (AvgIpc) is 2.59. The summed E-state index contributed by atoms with van der Waals surface area (Å²) in [6.45, 7) is 0. The van der Waals surface area contributed by atoms with Crippen molar-refractivity contribution in [3.8, 4) is 11.8 Å². The number of benzene rings is 1. The van der Waals surface area contributed by atoms with Gasteiger partial charge in [-0.2, -0.15) is 5.26 Å². The summed E-state index contributed by atoms with van der Waals surface area (Å²) in [6, 6.07) is 9.52. The van der Waals surface area contributed by atoms with E-state index >= 15 is 0 Å². The molecule has 0 saturated heterocycles. The van der Waals surface area contributed by atoms with Crippen molar-refractivity contribution < 1.29 is 4.74 Å². The second-order valence-corrected chi connectivity index (χ2v) is 4.37. The largest absolute Gasteiger partial charge is 0.490 e. The molecule has 0 unspecified atom stereocenters.